The Labute approximate surface area is 138 Å². The lowest BCUT2D eigenvalue weighted by Crippen LogP contribution is -2.30. The van der Waals surface area contributed by atoms with Gasteiger partial charge in [-0.25, -0.2) is 4.39 Å². The summed E-state index contributed by atoms with van der Waals surface area (Å²) in [6, 6.07) is 14.2. The molecule has 5 heteroatoms. The highest BCUT2D eigenvalue weighted by Gasteiger charge is 2.11. The fraction of sp³-hybridized carbons (Fsp3) is 0.278. The minimum absolute atomic E-state index is 0.0535. The third-order valence-corrected chi connectivity index (χ3v) is 4.76. The first kappa shape index (κ1) is 17.3. The second-order valence-corrected chi connectivity index (χ2v) is 6.80. The molecule has 2 aromatic carbocycles. The molecule has 0 radical (unpaired) electrons. The van der Waals surface area contributed by atoms with E-state index >= 15 is 0 Å². The molecule has 0 bridgehead atoms. The summed E-state index contributed by atoms with van der Waals surface area (Å²) >= 11 is 0. The zero-order chi connectivity index (χ0) is 16.7. The van der Waals surface area contributed by atoms with E-state index in [1.807, 2.05) is 31.2 Å². The van der Waals surface area contributed by atoms with Crippen molar-refractivity contribution in [3.63, 3.8) is 0 Å². The van der Waals surface area contributed by atoms with Gasteiger partial charge in [0.15, 0.2) is 0 Å². The van der Waals surface area contributed by atoms with Crippen LogP contribution in [0.2, 0.25) is 0 Å². The quantitative estimate of drug-likeness (QED) is 0.847. The van der Waals surface area contributed by atoms with Crippen molar-refractivity contribution in [1.82, 2.24) is 5.32 Å². The molecule has 0 aliphatic heterocycles. The fourth-order valence-corrected chi connectivity index (χ4v) is 3.34. The topological polar surface area (TPSA) is 46.2 Å². The predicted molar refractivity (Wildman–Crippen MR) is 91.0 cm³/mol. The minimum atomic E-state index is -1.42. The van der Waals surface area contributed by atoms with Crippen LogP contribution in [0.15, 0.2) is 48.5 Å². The Balaban J connectivity index is 1.75. The van der Waals surface area contributed by atoms with Crippen LogP contribution in [-0.4, -0.2) is 22.4 Å². The largest absolute Gasteiger partial charge is 0.355 e. The number of nitrogens with one attached hydrogen (secondary N) is 1. The summed E-state index contributed by atoms with van der Waals surface area (Å²) < 4.78 is 25.4. The second kappa shape index (κ2) is 8.58. The van der Waals surface area contributed by atoms with Crippen molar-refractivity contribution in [3.8, 4) is 0 Å². The first-order valence-electron chi connectivity index (χ1n) is 7.46. The number of benzene rings is 2. The molecular weight excluding hydrogens is 313 g/mol. The molecule has 2 rings (SSSR count). The lowest BCUT2D eigenvalue weighted by molar-refractivity contribution is -0.118. The molecule has 0 fully saturated rings. The summed E-state index contributed by atoms with van der Waals surface area (Å²) in [7, 11) is -1.42. The first-order valence-corrected chi connectivity index (χ1v) is 8.94. The zero-order valence-corrected chi connectivity index (χ0v) is 13.9. The van der Waals surface area contributed by atoms with Crippen LogP contribution >= 0.6 is 0 Å². The maximum absolute atomic E-state index is 13.5. The van der Waals surface area contributed by atoms with E-state index in [9.17, 15) is 13.4 Å². The van der Waals surface area contributed by atoms with Gasteiger partial charge < -0.3 is 5.32 Å². The number of halogens is 1. The number of rotatable bonds is 7. The van der Waals surface area contributed by atoms with Crippen molar-refractivity contribution in [2.24, 2.45) is 0 Å². The Kier molecular flexibility index (Phi) is 6.47. The summed E-state index contributed by atoms with van der Waals surface area (Å²) in [6.07, 6.45) is 0.734. The van der Waals surface area contributed by atoms with Crippen molar-refractivity contribution < 1.29 is 13.4 Å². The van der Waals surface area contributed by atoms with Gasteiger partial charge in [-0.05, 0) is 30.5 Å². The number of hydrogen-bond donors (Lipinski definition) is 1. The van der Waals surface area contributed by atoms with Gasteiger partial charge in [-0.2, -0.15) is 0 Å². The standard InChI is InChI=1S/C18H20FNO2S/c1-14-6-2-3-7-15(14)10-11-20-18(21)13-23(22)12-16-8-4-5-9-17(16)19/h2-9H,10-13H2,1H3,(H,20,21)/t23-/m0/s1. The van der Waals surface area contributed by atoms with Gasteiger partial charge in [-0.3, -0.25) is 9.00 Å². The Morgan fingerprint density at radius 3 is 2.43 bits per heavy atom. The number of aryl methyl sites for hydroxylation is 1. The van der Waals surface area contributed by atoms with E-state index in [2.05, 4.69) is 5.32 Å². The molecule has 0 unspecified atom stereocenters. The molecule has 0 heterocycles. The average molecular weight is 333 g/mol. The van der Waals surface area contributed by atoms with Gasteiger partial charge in [0.25, 0.3) is 0 Å². The molecule has 23 heavy (non-hydrogen) atoms. The monoisotopic (exact) mass is 333 g/mol. The Bertz CT molecular complexity index is 703. The van der Waals surface area contributed by atoms with Crippen molar-refractivity contribution in [2.45, 2.75) is 19.1 Å². The van der Waals surface area contributed by atoms with E-state index in [0.29, 0.717) is 12.1 Å². The summed E-state index contributed by atoms with van der Waals surface area (Å²) in [6.45, 7) is 2.53. The average Bonchev–Trinajstić information content (AvgIpc) is 2.51. The van der Waals surface area contributed by atoms with E-state index in [1.54, 1.807) is 18.2 Å². The molecule has 0 saturated heterocycles. The van der Waals surface area contributed by atoms with E-state index in [0.717, 1.165) is 6.42 Å². The highest BCUT2D eigenvalue weighted by atomic mass is 32.2. The highest BCUT2D eigenvalue weighted by Crippen LogP contribution is 2.09. The van der Waals surface area contributed by atoms with Crippen LogP contribution < -0.4 is 5.32 Å². The molecule has 2 aromatic rings. The van der Waals surface area contributed by atoms with Gasteiger partial charge in [0.1, 0.15) is 11.6 Å². The van der Waals surface area contributed by atoms with Gasteiger partial charge in [0.2, 0.25) is 5.91 Å². The van der Waals surface area contributed by atoms with Gasteiger partial charge in [0.05, 0.1) is 5.75 Å². The first-order chi connectivity index (χ1) is 11.1. The smallest absolute Gasteiger partial charge is 0.232 e. The molecule has 1 atom stereocenters. The summed E-state index contributed by atoms with van der Waals surface area (Å²) in [5.41, 5.74) is 2.74. The van der Waals surface area contributed by atoms with Crippen LogP contribution in [0.5, 0.6) is 0 Å². The van der Waals surface area contributed by atoms with Crippen LogP contribution in [0, 0.1) is 12.7 Å². The van der Waals surface area contributed by atoms with E-state index in [4.69, 9.17) is 0 Å². The van der Waals surface area contributed by atoms with Crippen LogP contribution in [0.4, 0.5) is 4.39 Å². The number of carbonyl (C=O) groups excluding carboxylic acids is 1. The molecule has 3 nitrogen and oxygen atoms in total. The van der Waals surface area contributed by atoms with Crippen LogP contribution in [-0.2, 0) is 27.8 Å². The van der Waals surface area contributed by atoms with Crippen molar-refractivity contribution in [2.75, 3.05) is 12.3 Å². The molecule has 0 aliphatic rings. The number of amides is 1. The molecule has 0 spiro atoms. The highest BCUT2D eigenvalue weighted by molar-refractivity contribution is 7.84. The van der Waals surface area contributed by atoms with Crippen LogP contribution in [0.3, 0.4) is 0 Å². The SMILES string of the molecule is Cc1ccccc1CCNC(=O)C[S@@](=O)Cc1ccccc1F. The van der Waals surface area contributed by atoms with Gasteiger partial charge in [0, 0.05) is 22.9 Å². The van der Waals surface area contributed by atoms with Gasteiger partial charge >= 0.3 is 0 Å². The number of carbonyl (C=O) groups is 1. The molecule has 0 saturated carbocycles. The molecule has 1 amide bonds. The lowest BCUT2D eigenvalue weighted by Gasteiger charge is -2.08. The summed E-state index contributed by atoms with van der Waals surface area (Å²) in [5, 5.41) is 2.76. The maximum Gasteiger partial charge on any atom is 0.232 e. The Morgan fingerprint density at radius 2 is 1.74 bits per heavy atom. The van der Waals surface area contributed by atoms with Crippen LogP contribution in [0.25, 0.3) is 0 Å². The van der Waals surface area contributed by atoms with E-state index in [1.165, 1.54) is 17.2 Å². The fourth-order valence-electron chi connectivity index (χ4n) is 2.26. The van der Waals surface area contributed by atoms with Crippen LogP contribution in [0.1, 0.15) is 16.7 Å². The van der Waals surface area contributed by atoms with Crippen molar-refractivity contribution in [3.05, 3.63) is 71.0 Å². The van der Waals surface area contributed by atoms with E-state index in [-0.39, 0.29) is 23.2 Å². The Morgan fingerprint density at radius 1 is 1.09 bits per heavy atom. The minimum Gasteiger partial charge on any atom is -0.355 e. The normalized spacial score (nSPS) is 11.9. The maximum atomic E-state index is 13.5. The van der Waals surface area contributed by atoms with Gasteiger partial charge in [-0.15, -0.1) is 0 Å². The third-order valence-electron chi connectivity index (χ3n) is 3.54. The molecule has 1 N–H and O–H groups in total. The molecule has 122 valence electrons. The van der Waals surface area contributed by atoms with Gasteiger partial charge in [-0.1, -0.05) is 42.5 Å². The second-order valence-electron chi connectivity index (χ2n) is 5.35. The Hall–Kier alpha value is -2.01. The van der Waals surface area contributed by atoms with E-state index < -0.39 is 10.8 Å². The zero-order valence-electron chi connectivity index (χ0n) is 13.0. The molecular formula is C18H20FNO2S. The third kappa shape index (κ3) is 5.60. The molecule has 0 aromatic heterocycles. The summed E-state index contributed by atoms with van der Waals surface area (Å²) in [5.74, 6) is -0.714. The summed E-state index contributed by atoms with van der Waals surface area (Å²) in [4.78, 5) is 11.8. The van der Waals surface area contributed by atoms with Crippen molar-refractivity contribution in [1.29, 1.82) is 0 Å². The lowest BCUT2D eigenvalue weighted by atomic mass is 10.1. The number of hydrogen-bond acceptors (Lipinski definition) is 2. The predicted octanol–water partition coefficient (Wildman–Crippen LogP) is 2.74. The molecule has 0 aliphatic carbocycles. The van der Waals surface area contributed by atoms with Crippen molar-refractivity contribution >= 4 is 16.7 Å².